The minimum atomic E-state index is -1.26. The van der Waals surface area contributed by atoms with Gasteiger partial charge >= 0.3 is 0 Å². The molecule has 2 N–H and O–H groups in total. The van der Waals surface area contributed by atoms with Gasteiger partial charge in [-0.15, -0.1) is 0 Å². The quantitative estimate of drug-likeness (QED) is 0.668. The zero-order chi connectivity index (χ0) is 16.2. The van der Waals surface area contributed by atoms with Gasteiger partial charge in [-0.3, -0.25) is 4.79 Å². The highest BCUT2D eigenvalue weighted by Gasteiger charge is 2.17. The molecule has 0 saturated carbocycles. The first-order chi connectivity index (χ1) is 11.1. The highest BCUT2D eigenvalue weighted by molar-refractivity contribution is 6.00. The van der Waals surface area contributed by atoms with E-state index in [2.05, 4.69) is 10.5 Å². The molecule has 3 rings (SSSR count). The molecule has 2 aromatic rings. The number of hydrogen-bond donors (Lipinski definition) is 2. The third-order valence-corrected chi connectivity index (χ3v) is 3.49. The molecule has 0 saturated heterocycles. The van der Waals surface area contributed by atoms with Crippen LogP contribution in [0, 0.1) is 0 Å². The number of fused-ring (bicyclic) bond motifs is 1. The van der Waals surface area contributed by atoms with Gasteiger partial charge in [-0.2, -0.15) is 5.10 Å². The van der Waals surface area contributed by atoms with Crippen LogP contribution in [0.5, 0.6) is 11.5 Å². The number of aliphatic hydroxyl groups is 1. The SMILES string of the molecule is CC(=NNC(=O)C(O)c1ccccc1)c1ccc2c(c1)OCO2. The standard InChI is InChI=1S/C17H16N2O4/c1-11(13-7-8-14-15(9-13)23-10-22-14)18-19-17(21)16(20)12-5-3-2-4-6-12/h2-9,16,20H,10H2,1H3,(H,19,21). The van der Waals surface area contributed by atoms with Crippen LogP contribution in [0.1, 0.15) is 24.2 Å². The number of ether oxygens (including phenoxy) is 2. The van der Waals surface area contributed by atoms with Crippen LogP contribution in [0.3, 0.4) is 0 Å². The predicted molar refractivity (Wildman–Crippen MR) is 84.3 cm³/mol. The summed E-state index contributed by atoms with van der Waals surface area (Å²) < 4.78 is 10.6. The molecule has 1 amide bonds. The van der Waals surface area contributed by atoms with E-state index in [4.69, 9.17) is 9.47 Å². The Morgan fingerprint density at radius 1 is 1.17 bits per heavy atom. The first-order valence-corrected chi connectivity index (χ1v) is 7.12. The third kappa shape index (κ3) is 3.32. The summed E-state index contributed by atoms with van der Waals surface area (Å²) in [5.41, 5.74) is 4.28. The lowest BCUT2D eigenvalue weighted by Crippen LogP contribution is -2.26. The lowest BCUT2D eigenvalue weighted by Gasteiger charge is -2.09. The van der Waals surface area contributed by atoms with Crippen LogP contribution in [-0.2, 0) is 4.79 Å². The van der Waals surface area contributed by atoms with Crippen molar-refractivity contribution >= 4 is 11.6 Å². The van der Waals surface area contributed by atoms with E-state index in [-0.39, 0.29) is 6.79 Å². The summed E-state index contributed by atoms with van der Waals surface area (Å²) in [7, 11) is 0. The van der Waals surface area contributed by atoms with Gasteiger partial charge in [0, 0.05) is 5.56 Å². The lowest BCUT2D eigenvalue weighted by atomic mass is 10.1. The highest BCUT2D eigenvalue weighted by atomic mass is 16.7. The molecular weight excluding hydrogens is 296 g/mol. The van der Waals surface area contributed by atoms with Crippen molar-refractivity contribution < 1.29 is 19.4 Å². The fourth-order valence-corrected chi connectivity index (χ4v) is 2.17. The Balaban J connectivity index is 1.68. The van der Waals surface area contributed by atoms with Crippen molar-refractivity contribution in [2.45, 2.75) is 13.0 Å². The minimum absolute atomic E-state index is 0.203. The summed E-state index contributed by atoms with van der Waals surface area (Å²) in [6, 6.07) is 14.1. The second-order valence-electron chi connectivity index (χ2n) is 5.05. The average Bonchev–Trinajstić information content (AvgIpc) is 3.07. The monoisotopic (exact) mass is 312 g/mol. The van der Waals surface area contributed by atoms with E-state index >= 15 is 0 Å². The summed E-state index contributed by atoms with van der Waals surface area (Å²) in [5.74, 6) is 0.745. The summed E-state index contributed by atoms with van der Waals surface area (Å²) >= 11 is 0. The molecule has 118 valence electrons. The zero-order valence-corrected chi connectivity index (χ0v) is 12.5. The van der Waals surface area contributed by atoms with Crippen molar-refractivity contribution in [3.05, 3.63) is 59.7 Å². The number of amides is 1. The molecule has 0 aliphatic carbocycles. The normalized spacial score (nSPS) is 14.4. The predicted octanol–water partition coefficient (Wildman–Crippen LogP) is 1.99. The summed E-state index contributed by atoms with van der Waals surface area (Å²) in [4.78, 5) is 12.0. The van der Waals surface area contributed by atoms with Crippen molar-refractivity contribution in [2.24, 2.45) is 5.10 Å². The summed E-state index contributed by atoms with van der Waals surface area (Å²) in [6.07, 6.45) is -1.26. The molecule has 0 fully saturated rings. The van der Waals surface area contributed by atoms with Gasteiger partial charge in [0.2, 0.25) is 6.79 Å². The zero-order valence-electron chi connectivity index (χ0n) is 12.5. The smallest absolute Gasteiger partial charge is 0.273 e. The number of carbonyl (C=O) groups excluding carboxylic acids is 1. The molecule has 23 heavy (non-hydrogen) atoms. The van der Waals surface area contributed by atoms with Crippen LogP contribution >= 0.6 is 0 Å². The molecule has 2 aromatic carbocycles. The molecule has 0 spiro atoms. The second-order valence-corrected chi connectivity index (χ2v) is 5.05. The van der Waals surface area contributed by atoms with Crippen molar-refractivity contribution in [3.8, 4) is 11.5 Å². The molecule has 1 aliphatic heterocycles. The van der Waals surface area contributed by atoms with E-state index in [0.29, 0.717) is 22.8 Å². The van der Waals surface area contributed by atoms with E-state index < -0.39 is 12.0 Å². The first kappa shape index (κ1) is 15.1. The van der Waals surface area contributed by atoms with Crippen LogP contribution in [0.15, 0.2) is 53.6 Å². The fraction of sp³-hybridized carbons (Fsp3) is 0.176. The highest BCUT2D eigenvalue weighted by Crippen LogP contribution is 2.32. The summed E-state index contributed by atoms with van der Waals surface area (Å²) in [5, 5.41) is 14.0. The second kappa shape index (κ2) is 6.50. The third-order valence-electron chi connectivity index (χ3n) is 3.49. The molecule has 0 radical (unpaired) electrons. The number of aliphatic hydroxyl groups excluding tert-OH is 1. The van der Waals surface area contributed by atoms with E-state index in [1.54, 1.807) is 43.3 Å². The van der Waals surface area contributed by atoms with Gasteiger partial charge in [-0.05, 0) is 30.7 Å². The number of carbonyl (C=O) groups is 1. The Bertz CT molecular complexity index is 744. The van der Waals surface area contributed by atoms with Crippen molar-refractivity contribution in [1.29, 1.82) is 0 Å². The maximum atomic E-state index is 12.0. The topological polar surface area (TPSA) is 80.2 Å². The van der Waals surface area contributed by atoms with Gasteiger partial charge in [-0.1, -0.05) is 30.3 Å². The van der Waals surface area contributed by atoms with Gasteiger partial charge in [0.15, 0.2) is 17.6 Å². The number of rotatable bonds is 4. The molecule has 1 aliphatic rings. The molecule has 0 bridgehead atoms. The van der Waals surface area contributed by atoms with Crippen molar-refractivity contribution in [2.75, 3.05) is 6.79 Å². The first-order valence-electron chi connectivity index (χ1n) is 7.12. The Morgan fingerprint density at radius 2 is 1.91 bits per heavy atom. The Morgan fingerprint density at radius 3 is 2.70 bits per heavy atom. The average molecular weight is 312 g/mol. The summed E-state index contributed by atoms with van der Waals surface area (Å²) in [6.45, 7) is 1.96. The molecule has 6 nitrogen and oxygen atoms in total. The number of benzene rings is 2. The maximum absolute atomic E-state index is 12.0. The van der Waals surface area contributed by atoms with Gasteiger partial charge in [0.25, 0.3) is 5.91 Å². The van der Waals surface area contributed by atoms with Gasteiger partial charge in [0.1, 0.15) is 0 Å². The number of nitrogens with zero attached hydrogens (tertiary/aromatic N) is 1. The van der Waals surface area contributed by atoms with Crippen molar-refractivity contribution in [3.63, 3.8) is 0 Å². The molecular formula is C17H16N2O4. The van der Waals surface area contributed by atoms with Crippen LogP contribution in [0.25, 0.3) is 0 Å². The van der Waals surface area contributed by atoms with E-state index in [1.165, 1.54) is 0 Å². The molecule has 1 unspecified atom stereocenters. The van der Waals surface area contributed by atoms with Crippen LogP contribution < -0.4 is 14.9 Å². The molecule has 1 atom stereocenters. The molecule has 6 heteroatoms. The van der Waals surface area contributed by atoms with E-state index in [9.17, 15) is 9.90 Å². The van der Waals surface area contributed by atoms with E-state index in [0.717, 1.165) is 5.56 Å². The van der Waals surface area contributed by atoms with Gasteiger partial charge in [-0.25, -0.2) is 5.43 Å². The van der Waals surface area contributed by atoms with Gasteiger partial charge < -0.3 is 14.6 Å². The lowest BCUT2D eigenvalue weighted by molar-refractivity contribution is -0.129. The Labute approximate surface area is 133 Å². The maximum Gasteiger partial charge on any atom is 0.273 e. The number of hydrogen-bond acceptors (Lipinski definition) is 5. The Kier molecular flexibility index (Phi) is 4.25. The van der Waals surface area contributed by atoms with Crippen LogP contribution in [0.2, 0.25) is 0 Å². The van der Waals surface area contributed by atoms with Crippen LogP contribution in [-0.4, -0.2) is 23.5 Å². The van der Waals surface area contributed by atoms with E-state index in [1.807, 2.05) is 12.1 Å². The number of nitrogens with one attached hydrogen (secondary N) is 1. The van der Waals surface area contributed by atoms with Crippen molar-refractivity contribution in [1.82, 2.24) is 5.43 Å². The minimum Gasteiger partial charge on any atom is -0.454 e. The Hall–Kier alpha value is -2.86. The molecule has 1 heterocycles. The largest absolute Gasteiger partial charge is 0.454 e. The number of hydrazone groups is 1. The fourth-order valence-electron chi connectivity index (χ4n) is 2.17. The van der Waals surface area contributed by atoms with Gasteiger partial charge in [0.05, 0.1) is 5.71 Å². The van der Waals surface area contributed by atoms with Crippen LogP contribution in [0.4, 0.5) is 0 Å². The molecule has 0 aromatic heterocycles.